The average Bonchev–Trinajstić information content (AvgIpc) is 2.96. The van der Waals surface area contributed by atoms with Crippen molar-refractivity contribution >= 4 is 15.9 Å². The molecule has 0 radical (unpaired) electrons. The lowest BCUT2D eigenvalue weighted by Crippen LogP contribution is -2.36. The minimum atomic E-state index is -3.66. The van der Waals surface area contributed by atoms with E-state index in [-0.39, 0.29) is 17.0 Å². The second-order valence-electron chi connectivity index (χ2n) is 6.49. The van der Waals surface area contributed by atoms with Crippen LogP contribution in [0.2, 0.25) is 0 Å². The number of hydrogen-bond donors (Lipinski definition) is 0. The summed E-state index contributed by atoms with van der Waals surface area (Å²) in [6.07, 6.45) is -0.176. The van der Waals surface area contributed by atoms with E-state index in [1.165, 1.54) is 17.0 Å². The van der Waals surface area contributed by atoms with Crippen LogP contribution >= 0.6 is 0 Å². The SMILES string of the molecule is CC(C)(C)OC(=O)N1CCC(S(=O)(=O)c2ccccc2C#N)C1. The molecule has 7 heteroatoms. The average molecular weight is 336 g/mol. The molecule has 1 aromatic rings. The van der Waals surface area contributed by atoms with Gasteiger partial charge >= 0.3 is 6.09 Å². The van der Waals surface area contributed by atoms with E-state index in [9.17, 15) is 13.2 Å². The highest BCUT2D eigenvalue weighted by atomic mass is 32.2. The number of carbonyl (C=O) groups is 1. The number of amides is 1. The fourth-order valence-electron chi connectivity index (χ4n) is 2.46. The standard InChI is InChI=1S/C16H20N2O4S/c1-16(2,3)22-15(19)18-9-8-13(11-18)23(20,21)14-7-5-4-6-12(14)10-17/h4-7,13H,8-9,11H2,1-3H3. The third-order valence-electron chi connectivity index (χ3n) is 3.55. The van der Waals surface area contributed by atoms with Gasteiger partial charge in [0.25, 0.3) is 0 Å². The number of nitriles is 1. The minimum absolute atomic E-state index is 0.0264. The number of sulfone groups is 1. The summed E-state index contributed by atoms with van der Waals surface area (Å²) < 4.78 is 30.7. The summed E-state index contributed by atoms with van der Waals surface area (Å²) in [5.74, 6) is 0. The molecule has 1 amide bonds. The van der Waals surface area contributed by atoms with Crippen molar-refractivity contribution in [2.24, 2.45) is 0 Å². The van der Waals surface area contributed by atoms with E-state index in [1.54, 1.807) is 32.9 Å². The molecule has 0 spiro atoms. The zero-order valence-corrected chi connectivity index (χ0v) is 14.3. The van der Waals surface area contributed by atoms with Crippen LogP contribution in [0.3, 0.4) is 0 Å². The molecule has 0 saturated carbocycles. The van der Waals surface area contributed by atoms with Crippen molar-refractivity contribution in [1.82, 2.24) is 4.90 Å². The summed E-state index contributed by atoms with van der Waals surface area (Å²) >= 11 is 0. The van der Waals surface area contributed by atoms with Gasteiger partial charge in [-0.1, -0.05) is 12.1 Å². The summed E-state index contributed by atoms with van der Waals surface area (Å²) in [5, 5.41) is 8.38. The molecule has 1 aliphatic heterocycles. The molecule has 1 unspecified atom stereocenters. The first kappa shape index (κ1) is 17.3. The Balaban J connectivity index is 2.18. The molecule has 124 valence electrons. The van der Waals surface area contributed by atoms with E-state index >= 15 is 0 Å². The van der Waals surface area contributed by atoms with Crippen LogP contribution in [0.4, 0.5) is 4.79 Å². The topological polar surface area (TPSA) is 87.5 Å². The van der Waals surface area contributed by atoms with Crippen molar-refractivity contribution in [2.75, 3.05) is 13.1 Å². The van der Waals surface area contributed by atoms with Gasteiger partial charge in [-0.3, -0.25) is 0 Å². The molecular formula is C16H20N2O4S. The first-order valence-corrected chi connectivity index (χ1v) is 8.91. The highest BCUT2D eigenvalue weighted by Crippen LogP contribution is 2.27. The van der Waals surface area contributed by atoms with Gasteiger partial charge in [0, 0.05) is 13.1 Å². The van der Waals surface area contributed by atoms with Gasteiger partial charge in [0.2, 0.25) is 0 Å². The summed E-state index contributed by atoms with van der Waals surface area (Å²) in [6.45, 7) is 5.69. The second kappa shape index (κ2) is 6.20. The van der Waals surface area contributed by atoms with Crippen LogP contribution in [0.25, 0.3) is 0 Å². The van der Waals surface area contributed by atoms with Crippen molar-refractivity contribution in [3.8, 4) is 6.07 Å². The van der Waals surface area contributed by atoms with Gasteiger partial charge in [-0.25, -0.2) is 13.2 Å². The van der Waals surface area contributed by atoms with Gasteiger partial charge in [-0.05, 0) is 39.3 Å². The molecule has 0 bridgehead atoms. The maximum Gasteiger partial charge on any atom is 0.410 e. The highest BCUT2D eigenvalue weighted by Gasteiger charge is 2.38. The number of likely N-dealkylation sites (tertiary alicyclic amines) is 1. The van der Waals surface area contributed by atoms with Gasteiger partial charge < -0.3 is 9.64 Å². The Morgan fingerprint density at radius 3 is 2.61 bits per heavy atom. The molecule has 6 nitrogen and oxygen atoms in total. The van der Waals surface area contributed by atoms with Crippen LogP contribution in [-0.2, 0) is 14.6 Å². The smallest absolute Gasteiger partial charge is 0.410 e. The van der Waals surface area contributed by atoms with E-state index in [1.807, 2.05) is 6.07 Å². The molecule has 23 heavy (non-hydrogen) atoms. The molecule has 2 rings (SSSR count). The fraction of sp³-hybridized carbons (Fsp3) is 0.500. The molecule has 1 heterocycles. The number of carbonyl (C=O) groups excluding carboxylic acids is 1. The Morgan fingerprint density at radius 1 is 1.35 bits per heavy atom. The lowest BCUT2D eigenvalue weighted by atomic mass is 10.2. The molecule has 1 aromatic carbocycles. The zero-order valence-electron chi connectivity index (χ0n) is 13.4. The quantitative estimate of drug-likeness (QED) is 0.827. The molecule has 0 aromatic heterocycles. The van der Waals surface area contributed by atoms with Gasteiger partial charge in [0.1, 0.15) is 11.7 Å². The molecule has 0 N–H and O–H groups in total. The fourth-order valence-corrected chi connectivity index (χ4v) is 4.30. The third-order valence-corrected chi connectivity index (χ3v) is 5.78. The Labute approximate surface area is 136 Å². The molecule has 0 aliphatic carbocycles. The molecule has 1 fully saturated rings. The molecular weight excluding hydrogens is 316 g/mol. The van der Waals surface area contributed by atoms with Crippen molar-refractivity contribution in [3.63, 3.8) is 0 Å². The summed E-state index contributed by atoms with van der Waals surface area (Å²) in [5.41, 5.74) is -0.496. The maximum absolute atomic E-state index is 12.7. The second-order valence-corrected chi connectivity index (χ2v) is 8.69. The monoisotopic (exact) mass is 336 g/mol. The Kier molecular flexibility index (Phi) is 4.66. The summed E-state index contributed by atoms with van der Waals surface area (Å²) in [7, 11) is -3.66. The number of rotatable bonds is 2. The van der Waals surface area contributed by atoms with E-state index in [0.29, 0.717) is 13.0 Å². The molecule has 1 saturated heterocycles. The first-order chi connectivity index (χ1) is 10.6. The largest absolute Gasteiger partial charge is 0.444 e. The van der Waals surface area contributed by atoms with Crippen LogP contribution in [0, 0.1) is 11.3 Å². The first-order valence-electron chi connectivity index (χ1n) is 7.36. The van der Waals surface area contributed by atoms with Crippen molar-refractivity contribution in [1.29, 1.82) is 5.26 Å². The number of benzene rings is 1. The van der Waals surface area contributed by atoms with E-state index < -0.39 is 26.8 Å². The van der Waals surface area contributed by atoms with Gasteiger partial charge in [0.15, 0.2) is 9.84 Å². The predicted octanol–water partition coefficient (Wildman–Crippen LogP) is 2.34. The molecule has 1 aliphatic rings. The Morgan fingerprint density at radius 2 is 2.00 bits per heavy atom. The van der Waals surface area contributed by atoms with Crippen LogP contribution in [0.15, 0.2) is 29.2 Å². The van der Waals surface area contributed by atoms with Crippen LogP contribution in [-0.4, -0.2) is 43.4 Å². The van der Waals surface area contributed by atoms with Crippen molar-refractivity contribution < 1.29 is 17.9 Å². The third kappa shape index (κ3) is 3.82. The van der Waals surface area contributed by atoms with E-state index in [4.69, 9.17) is 10.00 Å². The van der Waals surface area contributed by atoms with E-state index in [2.05, 4.69) is 0 Å². The van der Waals surface area contributed by atoms with Crippen LogP contribution < -0.4 is 0 Å². The van der Waals surface area contributed by atoms with Crippen LogP contribution in [0.1, 0.15) is 32.8 Å². The lowest BCUT2D eigenvalue weighted by molar-refractivity contribution is 0.0295. The van der Waals surface area contributed by atoms with Gasteiger partial charge in [-0.15, -0.1) is 0 Å². The van der Waals surface area contributed by atoms with Crippen molar-refractivity contribution in [3.05, 3.63) is 29.8 Å². The molecule has 1 atom stereocenters. The van der Waals surface area contributed by atoms with E-state index in [0.717, 1.165) is 0 Å². The Bertz CT molecular complexity index is 744. The number of hydrogen-bond acceptors (Lipinski definition) is 5. The maximum atomic E-state index is 12.7. The normalized spacial score (nSPS) is 18.5. The van der Waals surface area contributed by atoms with Crippen LogP contribution in [0.5, 0.6) is 0 Å². The van der Waals surface area contributed by atoms with Gasteiger partial charge in [0.05, 0.1) is 15.7 Å². The summed E-state index contributed by atoms with van der Waals surface area (Å²) in [6, 6.07) is 8.04. The number of nitrogens with zero attached hydrogens (tertiary/aromatic N) is 2. The Hall–Kier alpha value is -2.07. The number of ether oxygens (including phenoxy) is 1. The van der Waals surface area contributed by atoms with Crippen molar-refractivity contribution in [2.45, 2.75) is 42.9 Å². The predicted molar refractivity (Wildman–Crippen MR) is 84.6 cm³/mol. The zero-order chi connectivity index (χ0) is 17.3. The highest BCUT2D eigenvalue weighted by molar-refractivity contribution is 7.92. The minimum Gasteiger partial charge on any atom is -0.444 e. The lowest BCUT2D eigenvalue weighted by Gasteiger charge is -2.24. The summed E-state index contributed by atoms with van der Waals surface area (Å²) in [4.78, 5) is 13.5. The van der Waals surface area contributed by atoms with Gasteiger partial charge in [-0.2, -0.15) is 5.26 Å².